The Labute approximate surface area is 154 Å². The van der Waals surface area contributed by atoms with Crippen LogP contribution in [-0.2, 0) is 16.9 Å². The molecule has 3 aromatic rings. The van der Waals surface area contributed by atoms with Gasteiger partial charge < -0.3 is 4.74 Å². The maximum absolute atomic E-state index is 14.6. The average molecular weight is 376 g/mol. The topological polar surface area (TPSA) is 43.2 Å². The summed E-state index contributed by atoms with van der Waals surface area (Å²) in [5, 5.41) is 5.63. The molecule has 1 aliphatic heterocycles. The van der Waals surface area contributed by atoms with Crippen LogP contribution in [0.15, 0.2) is 60.0 Å². The van der Waals surface area contributed by atoms with Crippen LogP contribution in [0.25, 0.3) is 0 Å². The van der Waals surface area contributed by atoms with E-state index in [0.717, 1.165) is 10.7 Å². The molecule has 0 bridgehead atoms. The summed E-state index contributed by atoms with van der Waals surface area (Å²) >= 11 is 7.83. The molecule has 0 amide bonds. The van der Waals surface area contributed by atoms with E-state index in [2.05, 4.69) is 10.1 Å². The molecule has 0 spiro atoms. The number of ether oxygens (including phenoxy) is 1. The number of thioether (sulfide) groups is 1. The largest absolute Gasteiger partial charge is 0.354 e. The predicted molar refractivity (Wildman–Crippen MR) is 95.2 cm³/mol. The predicted octanol–water partition coefficient (Wildman–Crippen LogP) is 4.46. The van der Waals surface area contributed by atoms with Gasteiger partial charge >= 0.3 is 0 Å². The first-order chi connectivity index (χ1) is 12.2. The lowest BCUT2D eigenvalue weighted by molar-refractivity contribution is 0.251. The fraction of sp³-hybridized carbons (Fsp3) is 0.222. The van der Waals surface area contributed by atoms with E-state index in [-0.39, 0.29) is 11.9 Å². The van der Waals surface area contributed by atoms with Crippen LogP contribution >= 0.6 is 23.4 Å². The second kappa shape index (κ2) is 6.44. The summed E-state index contributed by atoms with van der Waals surface area (Å²) in [6.45, 7) is 0.361. The van der Waals surface area contributed by atoms with Crippen molar-refractivity contribution in [2.75, 3.05) is 6.26 Å². The number of halogens is 2. The minimum Gasteiger partial charge on any atom is -0.354 e. The summed E-state index contributed by atoms with van der Waals surface area (Å²) in [6.07, 6.45) is 3.08. The normalized spacial score (nSPS) is 22.1. The van der Waals surface area contributed by atoms with Gasteiger partial charge in [-0.05, 0) is 18.4 Å². The van der Waals surface area contributed by atoms with Crippen molar-refractivity contribution in [1.29, 1.82) is 0 Å². The van der Waals surface area contributed by atoms with Gasteiger partial charge in [-0.2, -0.15) is 5.10 Å². The molecule has 25 heavy (non-hydrogen) atoms. The van der Waals surface area contributed by atoms with E-state index in [4.69, 9.17) is 16.3 Å². The monoisotopic (exact) mass is 375 g/mol. The van der Waals surface area contributed by atoms with Gasteiger partial charge in [0.05, 0.1) is 6.54 Å². The molecule has 4 nitrogen and oxygen atoms in total. The summed E-state index contributed by atoms with van der Waals surface area (Å²) in [5.74, 6) is -0.303. The molecule has 1 aliphatic rings. The molecule has 1 aromatic heterocycles. The summed E-state index contributed by atoms with van der Waals surface area (Å²) in [7, 11) is 0. The SMILES string of the molecule is CSc1ncnn1C[C@@]1(c2ccccc2F)O[C@H]1c1ccccc1Cl. The average Bonchev–Trinajstić information content (AvgIpc) is 3.15. The third-order valence-electron chi connectivity index (χ3n) is 4.36. The van der Waals surface area contributed by atoms with Gasteiger partial charge in [-0.1, -0.05) is 59.8 Å². The maximum atomic E-state index is 14.6. The first kappa shape index (κ1) is 16.6. The fourth-order valence-electron chi connectivity index (χ4n) is 3.14. The lowest BCUT2D eigenvalue weighted by Crippen LogP contribution is -2.22. The van der Waals surface area contributed by atoms with Gasteiger partial charge in [-0.15, -0.1) is 0 Å². The Morgan fingerprint density at radius 3 is 2.76 bits per heavy atom. The number of nitrogens with zero attached hydrogens (tertiary/aromatic N) is 3. The molecule has 0 radical (unpaired) electrons. The molecule has 0 saturated carbocycles. The zero-order valence-electron chi connectivity index (χ0n) is 13.4. The highest BCUT2D eigenvalue weighted by Crippen LogP contribution is 2.59. The molecular weight excluding hydrogens is 361 g/mol. The van der Waals surface area contributed by atoms with Gasteiger partial charge in [0, 0.05) is 16.1 Å². The van der Waals surface area contributed by atoms with Crippen LogP contribution in [0.5, 0.6) is 0 Å². The molecular formula is C18H15ClFN3OS. The van der Waals surface area contributed by atoms with Crippen LogP contribution in [0.1, 0.15) is 17.2 Å². The van der Waals surface area contributed by atoms with Crippen LogP contribution in [0.3, 0.4) is 0 Å². The Kier molecular flexibility index (Phi) is 4.27. The maximum Gasteiger partial charge on any atom is 0.185 e. The molecule has 2 aromatic carbocycles. The quantitative estimate of drug-likeness (QED) is 0.488. The first-order valence-electron chi connectivity index (χ1n) is 7.75. The van der Waals surface area contributed by atoms with Crippen molar-refractivity contribution in [2.24, 2.45) is 0 Å². The number of epoxide rings is 1. The van der Waals surface area contributed by atoms with Crippen molar-refractivity contribution in [3.05, 3.63) is 76.8 Å². The molecule has 1 saturated heterocycles. The molecule has 128 valence electrons. The fourth-order valence-corrected chi connectivity index (χ4v) is 3.85. The number of rotatable bonds is 5. The number of hydrogen-bond donors (Lipinski definition) is 0. The third kappa shape index (κ3) is 2.84. The second-order valence-electron chi connectivity index (χ2n) is 5.79. The van der Waals surface area contributed by atoms with E-state index >= 15 is 0 Å². The summed E-state index contributed by atoms with van der Waals surface area (Å²) in [5.41, 5.74) is 0.495. The molecule has 4 rings (SSSR count). The number of benzene rings is 2. The molecule has 2 atom stereocenters. The first-order valence-corrected chi connectivity index (χ1v) is 9.35. The van der Waals surface area contributed by atoms with Crippen molar-refractivity contribution < 1.29 is 9.13 Å². The van der Waals surface area contributed by atoms with Crippen LogP contribution in [0, 0.1) is 5.82 Å². The Morgan fingerprint density at radius 1 is 1.24 bits per heavy atom. The van der Waals surface area contributed by atoms with Crippen molar-refractivity contribution in [3.63, 3.8) is 0 Å². The summed E-state index contributed by atoms with van der Waals surface area (Å²) in [6, 6.07) is 14.2. The van der Waals surface area contributed by atoms with E-state index in [0.29, 0.717) is 17.1 Å². The van der Waals surface area contributed by atoms with Crippen molar-refractivity contribution in [3.8, 4) is 0 Å². The Balaban J connectivity index is 1.79. The molecule has 0 aliphatic carbocycles. The van der Waals surface area contributed by atoms with Crippen LogP contribution in [-0.4, -0.2) is 21.0 Å². The van der Waals surface area contributed by atoms with Gasteiger partial charge in [0.25, 0.3) is 0 Å². The van der Waals surface area contributed by atoms with Crippen LogP contribution < -0.4 is 0 Å². The van der Waals surface area contributed by atoms with Crippen molar-refractivity contribution in [2.45, 2.75) is 23.4 Å². The highest BCUT2D eigenvalue weighted by molar-refractivity contribution is 7.98. The molecule has 0 unspecified atom stereocenters. The summed E-state index contributed by atoms with van der Waals surface area (Å²) < 4.78 is 22.4. The Bertz CT molecular complexity index is 919. The minimum absolute atomic E-state index is 0.303. The number of aromatic nitrogens is 3. The second-order valence-corrected chi connectivity index (χ2v) is 6.97. The van der Waals surface area contributed by atoms with E-state index < -0.39 is 5.60 Å². The zero-order valence-corrected chi connectivity index (χ0v) is 15.0. The number of hydrogen-bond acceptors (Lipinski definition) is 4. The molecule has 7 heteroatoms. The van der Waals surface area contributed by atoms with Gasteiger partial charge in [-0.25, -0.2) is 14.1 Å². The lowest BCUT2D eigenvalue weighted by atomic mass is 9.91. The molecule has 1 fully saturated rings. The highest BCUT2D eigenvalue weighted by Gasteiger charge is 2.60. The lowest BCUT2D eigenvalue weighted by Gasteiger charge is -2.16. The van der Waals surface area contributed by atoms with E-state index in [9.17, 15) is 4.39 Å². The highest BCUT2D eigenvalue weighted by atomic mass is 35.5. The van der Waals surface area contributed by atoms with Gasteiger partial charge in [-0.3, -0.25) is 0 Å². The smallest absolute Gasteiger partial charge is 0.185 e. The molecule has 0 N–H and O–H groups in total. The van der Waals surface area contributed by atoms with Crippen molar-refractivity contribution >= 4 is 23.4 Å². The van der Waals surface area contributed by atoms with Gasteiger partial charge in [0.15, 0.2) is 5.16 Å². The van der Waals surface area contributed by atoms with Gasteiger partial charge in [0.1, 0.15) is 23.8 Å². The Hall–Kier alpha value is -1.89. The standard InChI is InChI=1S/C18H15ClFN3OS/c1-25-17-21-11-22-23(17)10-18(13-7-3-5-9-15(13)20)16(24-18)12-6-2-4-8-14(12)19/h2-9,11,16H,10H2,1H3/t16-,18-/m0/s1. The molecule has 2 heterocycles. The van der Waals surface area contributed by atoms with E-state index in [1.807, 2.05) is 36.6 Å². The van der Waals surface area contributed by atoms with Crippen molar-refractivity contribution in [1.82, 2.24) is 14.8 Å². The summed E-state index contributed by atoms with van der Waals surface area (Å²) in [4.78, 5) is 4.22. The van der Waals surface area contributed by atoms with E-state index in [1.54, 1.807) is 16.8 Å². The van der Waals surface area contributed by atoms with Gasteiger partial charge in [0.2, 0.25) is 0 Å². The van der Waals surface area contributed by atoms with E-state index in [1.165, 1.54) is 24.2 Å². The van der Waals surface area contributed by atoms with Crippen LogP contribution in [0.4, 0.5) is 4.39 Å². The Morgan fingerprint density at radius 2 is 2.00 bits per heavy atom. The third-order valence-corrected chi connectivity index (χ3v) is 5.38. The van der Waals surface area contributed by atoms with Crippen LogP contribution in [0.2, 0.25) is 5.02 Å². The zero-order chi connectivity index (χ0) is 17.4. The minimum atomic E-state index is -0.853.